The van der Waals surface area contributed by atoms with Gasteiger partial charge in [-0.05, 0) is 48.9 Å². The molecule has 1 atom stereocenters. The molecule has 0 heterocycles. The Balaban J connectivity index is 2.30. The molecule has 1 N–H and O–H groups in total. The minimum absolute atomic E-state index is 0.226. The molecule has 2 aromatic rings. The fourth-order valence-corrected chi connectivity index (χ4v) is 3.02. The van der Waals surface area contributed by atoms with Gasteiger partial charge in [0.2, 0.25) is 0 Å². The Morgan fingerprint density at radius 3 is 2.33 bits per heavy atom. The smallest absolute Gasteiger partial charge is 0.123 e. The van der Waals surface area contributed by atoms with E-state index in [2.05, 4.69) is 74.4 Å². The lowest BCUT2D eigenvalue weighted by Crippen LogP contribution is -2.23. The van der Waals surface area contributed by atoms with Crippen LogP contribution in [0.3, 0.4) is 0 Å². The van der Waals surface area contributed by atoms with Crippen LogP contribution >= 0.6 is 31.9 Å². The molecule has 0 aliphatic heterocycles. The van der Waals surface area contributed by atoms with Crippen molar-refractivity contribution >= 4 is 31.9 Å². The van der Waals surface area contributed by atoms with Crippen molar-refractivity contribution in [1.82, 2.24) is 5.32 Å². The third-order valence-electron chi connectivity index (χ3n) is 3.37. The minimum atomic E-state index is 0.226. The Morgan fingerprint density at radius 2 is 1.71 bits per heavy atom. The van der Waals surface area contributed by atoms with Crippen molar-refractivity contribution in [3.8, 4) is 5.75 Å². The topological polar surface area (TPSA) is 21.3 Å². The molecule has 0 fully saturated rings. The van der Waals surface area contributed by atoms with Gasteiger partial charge in [-0.1, -0.05) is 50.9 Å². The maximum atomic E-state index is 5.52. The zero-order valence-corrected chi connectivity index (χ0v) is 15.4. The van der Waals surface area contributed by atoms with Gasteiger partial charge in [0.1, 0.15) is 5.75 Å². The predicted molar refractivity (Wildman–Crippen MR) is 95.0 cm³/mol. The summed E-state index contributed by atoms with van der Waals surface area (Å²) in [5.41, 5.74) is 2.47. The van der Waals surface area contributed by atoms with Gasteiger partial charge in [-0.25, -0.2) is 0 Å². The Bertz CT molecular complexity index is 584. The molecule has 112 valence electrons. The van der Waals surface area contributed by atoms with E-state index in [1.165, 1.54) is 11.1 Å². The van der Waals surface area contributed by atoms with Crippen molar-refractivity contribution in [2.24, 2.45) is 0 Å². The summed E-state index contributed by atoms with van der Waals surface area (Å²) in [6.45, 7) is 3.04. The summed E-state index contributed by atoms with van der Waals surface area (Å²) in [7, 11) is 1.72. The molecule has 0 saturated carbocycles. The van der Waals surface area contributed by atoms with Crippen molar-refractivity contribution in [3.63, 3.8) is 0 Å². The van der Waals surface area contributed by atoms with Gasteiger partial charge in [0.15, 0.2) is 0 Å². The third kappa shape index (κ3) is 4.56. The Morgan fingerprint density at radius 1 is 1.05 bits per heavy atom. The first-order valence-electron chi connectivity index (χ1n) is 6.95. The van der Waals surface area contributed by atoms with Gasteiger partial charge >= 0.3 is 0 Å². The van der Waals surface area contributed by atoms with Crippen molar-refractivity contribution < 1.29 is 4.74 Å². The number of halogens is 2. The van der Waals surface area contributed by atoms with Crippen molar-refractivity contribution in [1.29, 1.82) is 0 Å². The normalized spacial score (nSPS) is 12.2. The Hall–Kier alpha value is -0.840. The number of methoxy groups -OCH3 is 1. The van der Waals surface area contributed by atoms with Gasteiger partial charge in [-0.3, -0.25) is 0 Å². The molecule has 0 aliphatic carbocycles. The number of likely N-dealkylation sites (N-methyl/N-ethyl adjacent to an activating group) is 1. The van der Waals surface area contributed by atoms with E-state index in [0.29, 0.717) is 0 Å². The average molecular weight is 413 g/mol. The lowest BCUT2D eigenvalue weighted by Gasteiger charge is -2.21. The lowest BCUT2D eigenvalue weighted by molar-refractivity contribution is 0.399. The van der Waals surface area contributed by atoms with E-state index in [0.717, 1.165) is 27.7 Å². The Labute approximate surface area is 143 Å². The summed E-state index contributed by atoms with van der Waals surface area (Å²) < 4.78 is 7.69. The minimum Gasteiger partial charge on any atom is -0.496 e. The largest absolute Gasteiger partial charge is 0.496 e. The van der Waals surface area contributed by atoms with E-state index in [-0.39, 0.29) is 6.04 Å². The van der Waals surface area contributed by atoms with Gasteiger partial charge < -0.3 is 10.1 Å². The van der Waals surface area contributed by atoms with Gasteiger partial charge in [0.25, 0.3) is 0 Å². The van der Waals surface area contributed by atoms with Crippen LogP contribution < -0.4 is 10.1 Å². The number of nitrogens with one attached hydrogen (secondary N) is 1. The molecule has 0 aliphatic rings. The summed E-state index contributed by atoms with van der Waals surface area (Å²) in [5.74, 6) is 0.918. The monoisotopic (exact) mass is 411 g/mol. The molecule has 0 radical (unpaired) electrons. The number of rotatable bonds is 6. The van der Waals surface area contributed by atoms with E-state index >= 15 is 0 Å². The molecule has 4 heteroatoms. The molecule has 0 bridgehead atoms. The zero-order chi connectivity index (χ0) is 15.2. The SMILES string of the molecule is CCNC(Cc1ccc(Br)cc1)c1cc(Br)ccc1OC. The fourth-order valence-electron chi connectivity index (χ4n) is 2.37. The molecule has 0 saturated heterocycles. The summed E-state index contributed by atoms with van der Waals surface area (Å²) >= 11 is 7.03. The van der Waals surface area contributed by atoms with E-state index in [9.17, 15) is 0 Å². The number of benzene rings is 2. The van der Waals surface area contributed by atoms with Crippen LogP contribution in [-0.4, -0.2) is 13.7 Å². The molecular formula is C17H19Br2NO. The molecule has 21 heavy (non-hydrogen) atoms. The molecule has 2 nitrogen and oxygen atoms in total. The van der Waals surface area contributed by atoms with Crippen LogP contribution in [0, 0.1) is 0 Å². The maximum absolute atomic E-state index is 5.52. The summed E-state index contributed by atoms with van der Waals surface area (Å²) in [6.07, 6.45) is 0.925. The zero-order valence-electron chi connectivity index (χ0n) is 12.2. The summed E-state index contributed by atoms with van der Waals surface area (Å²) in [4.78, 5) is 0. The fraction of sp³-hybridized carbons (Fsp3) is 0.294. The number of hydrogen-bond acceptors (Lipinski definition) is 2. The van der Waals surface area contributed by atoms with Crippen LogP contribution in [-0.2, 0) is 6.42 Å². The highest BCUT2D eigenvalue weighted by Gasteiger charge is 2.16. The summed E-state index contributed by atoms with van der Waals surface area (Å²) in [6, 6.07) is 14.8. The van der Waals surface area contributed by atoms with Crippen molar-refractivity contribution in [2.45, 2.75) is 19.4 Å². The van der Waals surface area contributed by atoms with Crippen LogP contribution in [0.1, 0.15) is 24.1 Å². The van der Waals surface area contributed by atoms with Crippen LogP contribution in [0.25, 0.3) is 0 Å². The van der Waals surface area contributed by atoms with Crippen molar-refractivity contribution in [3.05, 3.63) is 62.5 Å². The molecule has 0 spiro atoms. The quantitative estimate of drug-likeness (QED) is 0.711. The lowest BCUT2D eigenvalue weighted by atomic mass is 9.98. The Kier molecular flexibility index (Phi) is 6.27. The van der Waals surface area contributed by atoms with Gasteiger partial charge in [-0.15, -0.1) is 0 Å². The first kappa shape index (κ1) is 16.5. The second-order valence-corrected chi connectivity index (χ2v) is 6.66. The van der Waals surface area contributed by atoms with Gasteiger partial charge in [0.05, 0.1) is 7.11 Å². The maximum Gasteiger partial charge on any atom is 0.123 e. The summed E-state index contributed by atoms with van der Waals surface area (Å²) in [5, 5.41) is 3.55. The second-order valence-electron chi connectivity index (χ2n) is 4.83. The number of hydrogen-bond donors (Lipinski definition) is 1. The molecule has 1 unspecified atom stereocenters. The molecule has 0 amide bonds. The standard InChI is InChI=1S/C17H19Br2NO/c1-3-20-16(10-12-4-6-13(18)7-5-12)15-11-14(19)8-9-17(15)21-2/h4-9,11,16,20H,3,10H2,1-2H3. The third-order valence-corrected chi connectivity index (χ3v) is 4.39. The highest BCUT2D eigenvalue weighted by atomic mass is 79.9. The highest BCUT2D eigenvalue weighted by molar-refractivity contribution is 9.10. The van der Waals surface area contributed by atoms with Crippen LogP contribution in [0.5, 0.6) is 5.75 Å². The molecule has 2 aromatic carbocycles. The van der Waals surface area contributed by atoms with Crippen LogP contribution in [0.2, 0.25) is 0 Å². The predicted octanol–water partition coefficient (Wildman–Crippen LogP) is 5.11. The van der Waals surface area contributed by atoms with Crippen LogP contribution in [0.4, 0.5) is 0 Å². The van der Waals surface area contributed by atoms with Gasteiger partial charge in [-0.2, -0.15) is 0 Å². The van der Waals surface area contributed by atoms with Crippen LogP contribution in [0.15, 0.2) is 51.4 Å². The highest BCUT2D eigenvalue weighted by Crippen LogP contribution is 2.30. The van der Waals surface area contributed by atoms with Gasteiger partial charge in [0, 0.05) is 20.6 Å². The van der Waals surface area contributed by atoms with E-state index in [1.54, 1.807) is 7.11 Å². The molecule has 0 aromatic heterocycles. The first-order valence-corrected chi connectivity index (χ1v) is 8.54. The molecule has 2 rings (SSSR count). The van der Waals surface area contributed by atoms with E-state index < -0.39 is 0 Å². The number of ether oxygens (including phenoxy) is 1. The van der Waals surface area contributed by atoms with Crippen molar-refractivity contribution in [2.75, 3.05) is 13.7 Å². The molecular weight excluding hydrogens is 394 g/mol. The first-order chi connectivity index (χ1) is 10.1. The van der Waals surface area contributed by atoms with E-state index in [4.69, 9.17) is 4.74 Å². The van der Waals surface area contributed by atoms with E-state index in [1.807, 2.05) is 12.1 Å². The second kappa shape index (κ2) is 7.97. The average Bonchev–Trinajstić information content (AvgIpc) is 2.49.